The first-order valence-electron chi connectivity index (χ1n) is 12.9. The van der Waals surface area contributed by atoms with Gasteiger partial charge in [0.25, 0.3) is 11.8 Å². The average Bonchev–Trinajstić information content (AvgIpc) is 3.57. The maximum absolute atomic E-state index is 13.1. The number of aliphatic hydroxyl groups excluding tert-OH is 1. The fourth-order valence-corrected chi connectivity index (χ4v) is 5.85. The van der Waals surface area contributed by atoms with Crippen LogP contribution < -0.4 is 14.2 Å². The van der Waals surface area contributed by atoms with E-state index in [2.05, 4.69) is 4.99 Å². The zero-order valence-electron chi connectivity index (χ0n) is 21.1. The summed E-state index contributed by atoms with van der Waals surface area (Å²) in [4.78, 5) is 47.0. The van der Waals surface area contributed by atoms with Crippen LogP contribution in [0.4, 0.5) is 5.69 Å². The van der Waals surface area contributed by atoms with Gasteiger partial charge in [-0.25, -0.2) is 0 Å². The predicted octanol–water partition coefficient (Wildman–Crippen LogP) is 2.65. The van der Waals surface area contributed by atoms with Gasteiger partial charge in [0, 0.05) is 42.9 Å². The number of Topliss-reactive ketones (excluding diaryl/α,β-unsaturated/α-hetero) is 1. The van der Waals surface area contributed by atoms with Gasteiger partial charge in [-0.1, -0.05) is 0 Å². The normalized spacial score (nSPS) is 21.9. The van der Waals surface area contributed by atoms with Gasteiger partial charge < -0.3 is 29.1 Å². The molecule has 4 heterocycles. The number of carbonyl (C=O) groups is 3. The Kier molecular flexibility index (Phi) is 6.27. The predicted molar refractivity (Wildman–Crippen MR) is 136 cm³/mol. The van der Waals surface area contributed by atoms with Crippen molar-refractivity contribution in [3.8, 4) is 17.2 Å². The van der Waals surface area contributed by atoms with Crippen LogP contribution in [0, 0.1) is 0 Å². The van der Waals surface area contributed by atoms with E-state index in [1.54, 1.807) is 35.4 Å². The number of carbonyl (C=O) groups excluding carboxylic acids is 3. The number of benzene rings is 2. The molecule has 4 aliphatic heterocycles. The molecule has 2 atom stereocenters. The molecule has 198 valence electrons. The molecule has 0 aliphatic carbocycles. The van der Waals surface area contributed by atoms with Gasteiger partial charge in [0.15, 0.2) is 17.3 Å². The lowest BCUT2D eigenvalue weighted by Gasteiger charge is -2.21. The topological polar surface area (TPSA) is 118 Å². The number of rotatable bonds is 6. The number of nitrogens with zero attached hydrogens (tertiary/aromatic N) is 3. The second kappa shape index (κ2) is 9.75. The summed E-state index contributed by atoms with van der Waals surface area (Å²) < 4.78 is 17.2. The standard InChI is InChI=1S/C28H29N3O7/c1-36-25-11-19-16(9-23(33)22-5-3-7-31(22)27(19)34)10-26(25)38-15-37-24-12-21-20(8-17(24)14-32)28(35)30-6-2-4-18(30)13-29-21/h8,10-13,18,22,32H,2-7,9,14-15H2,1H3/t18-,22-/m0/s1. The highest BCUT2D eigenvalue weighted by Gasteiger charge is 2.39. The number of amides is 2. The number of hydrogen-bond acceptors (Lipinski definition) is 8. The molecule has 10 heteroatoms. The van der Waals surface area contributed by atoms with Crippen molar-refractivity contribution < 1.29 is 33.7 Å². The van der Waals surface area contributed by atoms with E-state index in [4.69, 9.17) is 14.2 Å². The summed E-state index contributed by atoms with van der Waals surface area (Å²) in [7, 11) is 1.48. The summed E-state index contributed by atoms with van der Waals surface area (Å²) in [6.45, 7) is 0.705. The van der Waals surface area contributed by atoms with Crippen molar-refractivity contribution in [1.82, 2.24) is 9.80 Å². The second-order valence-corrected chi connectivity index (χ2v) is 9.99. The van der Waals surface area contributed by atoms with Gasteiger partial charge in [-0.3, -0.25) is 19.4 Å². The van der Waals surface area contributed by atoms with Crippen molar-refractivity contribution in [1.29, 1.82) is 0 Å². The summed E-state index contributed by atoms with van der Waals surface area (Å²) in [6.07, 6.45) is 5.28. The highest BCUT2D eigenvalue weighted by Crippen LogP contribution is 2.37. The van der Waals surface area contributed by atoms with Crippen molar-refractivity contribution in [2.45, 2.75) is 50.8 Å². The van der Waals surface area contributed by atoms with Crippen molar-refractivity contribution in [3.05, 3.63) is 46.5 Å². The number of methoxy groups -OCH3 is 1. The van der Waals surface area contributed by atoms with Gasteiger partial charge in [-0.15, -0.1) is 0 Å². The average molecular weight is 520 g/mol. The molecule has 1 N–H and O–H groups in total. The van der Waals surface area contributed by atoms with E-state index in [-0.39, 0.29) is 49.5 Å². The smallest absolute Gasteiger partial charge is 0.256 e. The number of ketones is 1. The van der Waals surface area contributed by atoms with E-state index in [0.29, 0.717) is 64.7 Å². The largest absolute Gasteiger partial charge is 0.493 e. The minimum Gasteiger partial charge on any atom is -0.493 e. The fourth-order valence-electron chi connectivity index (χ4n) is 5.85. The van der Waals surface area contributed by atoms with Crippen LogP contribution in [0.5, 0.6) is 17.2 Å². The molecule has 2 aromatic rings. The molecule has 6 rings (SSSR count). The number of aliphatic imine (C=N–C) groups is 1. The molecular weight excluding hydrogens is 490 g/mol. The molecule has 0 saturated carbocycles. The van der Waals surface area contributed by atoms with Crippen LogP contribution in [0.1, 0.15) is 57.5 Å². The minimum atomic E-state index is -0.371. The molecule has 0 radical (unpaired) electrons. The first-order chi connectivity index (χ1) is 18.5. The molecule has 0 spiro atoms. The van der Waals surface area contributed by atoms with Crippen molar-refractivity contribution in [2.24, 2.45) is 4.99 Å². The van der Waals surface area contributed by atoms with Crippen molar-refractivity contribution in [2.75, 3.05) is 27.0 Å². The van der Waals surface area contributed by atoms with Crippen LogP contribution in [0.25, 0.3) is 0 Å². The van der Waals surface area contributed by atoms with Crippen LogP contribution in [-0.2, 0) is 17.8 Å². The molecule has 0 unspecified atom stereocenters. The van der Waals surface area contributed by atoms with Gasteiger partial charge in [0.05, 0.1) is 37.1 Å². The molecule has 2 saturated heterocycles. The van der Waals surface area contributed by atoms with Crippen LogP contribution in [0.2, 0.25) is 0 Å². The highest BCUT2D eigenvalue weighted by atomic mass is 16.7. The fraction of sp³-hybridized carbons (Fsp3) is 0.429. The lowest BCUT2D eigenvalue weighted by Crippen LogP contribution is -2.38. The minimum absolute atomic E-state index is 0.0176. The highest BCUT2D eigenvalue weighted by molar-refractivity contribution is 6.04. The lowest BCUT2D eigenvalue weighted by molar-refractivity contribution is -0.121. The molecule has 4 aliphatic rings. The Morgan fingerprint density at radius 2 is 1.68 bits per heavy atom. The van der Waals surface area contributed by atoms with Gasteiger partial charge in [-0.05, 0) is 49.4 Å². The summed E-state index contributed by atoms with van der Waals surface area (Å²) in [5.41, 5.74) is 2.41. The molecule has 2 amide bonds. The third-order valence-electron chi connectivity index (χ3n) is 7.82. The third kappa shape index (κ3) is 4.09. The van der Waals surface area contributed by atoms with E-state index in [1.165, 1.54) is 7.11 Å². The van der Waals surface area contributed by atoms with E-state index in [1.807, 2.05) is 4.90 Å². The Hall–Kier alpha value is -3.92. The molecule has 0 bridgehead atoms. The monoisotopic (exact) mass is 519 g/mol. The summed E-state index contributed by atoms with van der Waals surface area (Å²) in [5.74, 6) is 0.793. The SMILES string of the molecule is COc1cc2c(cc1OCOc1cc3c(cc1CO)C(=O)N1CCC[C@H]1C=N3)CC(=O)[C@@H]1CCCN1C2=O. The van der Waals surface area contributed by atoms with E-state index in [9.17, 15) is 19.5 Å². The second-order valence-electron chi connectivity index (χ2n) is 9.99. The molecule has 38 heavy (non-hydrogen) atoms. The van der Waals surface area contributed by atoms with Gasteiger partial charge >= 0.3 is 0 Å². The van der Waals surface area contributed by atoms with Gasteiger partial charge in [-0.2, -0.15) is 0 Å². The molecule has 2 fully saturated rings. The summed E-state index contributed by atoms with van der Waals surface area (Å²) in [6, 6.07) is 6.16. The van der Waals surface area contributed by atoms with Crippen LogP contribution in [0.3, 0.4) is 0 Å². The van der Waals surface area contributed by atoms with Crippen LogP contribution in [-0.4, -0.2) is 77.8 Å². The first kappa shape index (κ1) is 24.4. The molecule has 0 aromatic heterocycles. The number of ether oxygens (including phenoxy) is 3. The molecule has 10 nitrogen and oxygen atoms in total. The first-order valence-corrected chi connectivity index (χ1v) is 12.9. The Labute approximate surface area is 219 Å². The van der Waals surface area contributed by atoms with E-state index < -0.39 is 0 Å². The Balaban J connectivity index is 1.23. The lowest BCUT2D eigenvalue weighted by atomic mass is 10.00. The Morgan fingerprint density at radius 3 is 2.50 bits per heavy atom. The van der Waals surface area contributed by atoms with Crippen molar-refractivity contribution >= 4 is 29.5 Å². The van der Waals surface area contributed by atoms with E-state index in [0.717, 1.165) is 19.3 Å². The maximum Gasteiger partial charge on any atom is 0.256 e. The molecular formula is C28H29N3O7. The number of hydrogen-bond donors (Lipinski definition) is 1. The van der Waals surface area contributed by atoms with E-state index >= 15 is 0 Å². The zero-order chi connectivity index (χ0) is 26.4. The number of fused-ring (bicyclic) bond motifs is 4. The Morgan fingerprint density at radius 1 is 0.921 bits per heavy atom. The Bertz CT molecular complexity index is 1350. The quantitative estimate of drug-likeness (QED) is 0.583. The molecule has 2 aromatic carbocycles. The van der Waals surface area contributed by atoms with Crippen LogP contribution >= 0.6 is 0 Å². The number of aliphatic hydroxyl groups is 1. The maximum atomic E-state index is 13.1. The van der Waals surface area contributed by atoms with Crippen molar-refractivity contribution in [3.63, 3.8) is 0 Å². The summed E-state index contributed by atoms with van der Waals surface area (Å²) >= 11 is 0. The van der Waals surface area contributed by atoms with Gasteiger partial charge in [0.1, 0.15) is 5.75 Å². The van der Waals surface area contributed by atoms with Crippen LogP contribution in [0.15, 0.2) is 29.3 Å². The van der Waals surface area contributed by atoms with Gasteiger partial charge in [0.2, 0.25) is 6.79 Å². The third-order valence-corrected chi connectivity index (χ3v) is 7.82. The summed E-state index contributed by atoms with van der Waals surface area (Å²) in [5, 5.41) is 9.97. The zero-order valence-corrected chi connectivity index (χ0v) is 21.1.